The van der Waals surface area contributed by atoms with Gasteiger partial charge in [0.25, 0.3) is 0 Å². The van der Waals surface area contributed by atoms with E-state index in [1.165, 1.54) is 0 Å². The van der Waals surface area contributed by atoms with Crippen LogP contribution in [0.3, 0.4) is 0 Å². The van der Waals surface area contributed by atoms with Crippen LogP contribution in [0.15, 0.2) is 4.52 Å². The summed E-state index contributed by atoms with van der Waals surface area (Å²) >= 11 is 0. The van der Waals surface area contributed by atoms with Gasteiger partial charge in [-0.2, -0.15) is 4.98 Å². The third-order valence-corrected chi connectivity index (χ3v) is 2.80. The lowest BCUT2D eigenvalue weighted by atomic mass is 10.0. The highest BCUT2D eigenvalue weighted by Crippen LogP contribution is 2.24. The van der Waals surface area contributed by atoms with E-state index in [4.69, 9.17) is 19.7 Å². The minimum atomic E-state index is -0.322. The van der Waals surface area contributed by atoms with Crippen LogP contribution in [0.4, 0.5) is 0 Å². The first-order valence-electron chi connectivity index (χ1n) is 6.05. The second kappa shape index (κ2) is 6.09. The Morgan fingerprint density at radius 3 is 3.18 bits per heavy atom. The molecular weight excluding hydrogens is 222 g/mol. The Morgan fingerprint density at radius 1 is 1.59 bits per heavy atom. The molecule has 2 N–H and O–H groups in total. The van der Waals surface area contributed by atoms with Crippen molar-refractivity contribution in [2.24, 2.45) is 5.73 Å². The van der Waals surface area contributed by atoms with Crippen molar-refractivity contribution in [2.75, 3.05) is 26.4 Å². The van der Waals surface area contributed by atoms with E-state index in [-0.39, 0.29) is 12.0 Å². The Labute approximate surface area is 100 Å². The van der Waals surface area contributed by atoms with Gasteiger partial charge in [0.05, 0.1) is 25.2 Å². The zero-order chi connectivity index (χ0) is 12.1. The van der Waals surface area contributed by atoms with Crippen LogP contribution in [0.25, 0.3) is 0 Å². The number of hydrogen-bond acceptors (Lipinski definition) is 6. The highest BCUT2D eigenvalue weighted by Gasteiger charge is 2.23. The summed E-state index contributed by atoms with van der Waals surface area (Å²) in [6.07, 6.45) is 2.07. The van der Waals surface area contributed by atoms with Crippen molar-refractivity contribution in [2.45, 2.75) is 31.7 Å². The molecule has 96 valence electrons. The fourth-order valence-corrected chi connectivity index (χ4v) is 1.82. The molecule has 0 aromatic carbocycles. The number of aromatic nitrogens is 2. The number of ether oxygens (including phenoxy) is 2. The molecule has 0 amide bonds. The van der Waals surface area contributed by atoms with Crippen molar-refractivity contribution < 1.29 is 14.0 Å². The molecule has 1 aliphatic heterocycles. The number of nitrogens with two attached hydrogens (primary N) is 1. The summed E-state index contributed by atoms with van der Waals surface area (Å²) in [4.78, 5) is 4.32. The molecule has 1 fully saturated rings. The van der Waals surface area contributed by atoms with Gasteiger partial charge in [-0.1, -0.05) is 5.16 Å². The molecule has 0 saturated carbocycles. The highest BCUT2D eigenvalue weighted by atomic mass is 16.5. The summed E-state index contributed by atoms with van der Waals surface area (Å²) in [6.45, 7) is 4.45. The molecule has 0 spiro atoms. The summed E-state index contributed by atoms with van der Waals surface area (Å²) < 4.78 is 15.8. The lowest BCUT2D eigenvalue weighted by Gasteiger charge is -2.18. The molecule has 2 rings (SSSR count). The molecule has 0 bridgehead atoms. The summed E-state index contributed by atoms with van der Waals surface area (Å²) in [7, 11) is 0. The highest BCUT2D eigenvalue weighted by molar-refractivity contribution is 4.98. The molecule has 6 nitrogen and oxygen atoms in total. The minimum absolute atomic E-state index is 0.212. The van der Waals surface area contributed by atoms with E-state index in [0.717, 1.165) is 19.4 Å². The van der Waals surface area contributed by atoms with Gasteiger partial charge in [0.2, 0.25) is 5.89 Å². The van der Waals surface area contributed by atoms with Crippen molar-refractivity contribution in [3.63, 3.8) is 0 Å². The first kappa shape index (κ1) is 12.5. The predicted molar refractivity (Wildman–Crippen MR) is 60.5 cm³/mol. The van der Waals surface area contributed by atoms with Crippen LogP contribution in [-0.2, 0) is 9.47 Å². The van der Waals surface area contributed by atoms with Crippen LogP contribution in [0, 0.1) is 0 Å². The van der Waals surface area contributed by atoms with Gasteiger partial charge in [-0.15, -0.1) is 0 Å². The van der Waals surface area contributed by atoms with Gasteiger partial charge < -0.3 is 19.7 Å². The van der Waals surface area contributed by atoms with Gasteiger partial charge >= 0.3 is 0 Å². The van der Waals surface area contributed by atoms with Crippen molar-refractivity contribution in [3.05, 3.63) is 11.7 Å². The Bertz CT molecular complexity index is 336. The molecular formula is C11H19N3O3. The smallest absolute Gasteiger partial charge is 0.232 e. The first-order chi connectivity index (χ1) is 8.31. The molecule has 6 heteroatoms. The van der Waals surface area contributed by atoms with E-state index in [1.54, 1.807) is 0 Å². The van der Waals surface area contributed by atoms with E-state index in [2.05, 4.69) is 10.1 Å². The molecule has 17 heavy (non-hydrogen) atoms. The molecule has 0 radical (unpaired) electrons. The van der Waals surface area contributed by atoms with Crippen LogP contribution in [0.2, 0.25) is 0 Å². The van der Waals surface area contributed by atoms with Crippen LogP contribution in [0.5, 0.6) is 0 Å². The van der Waals surface area contributed by atoms with Gasteiger partial charge in [-0.3, -0.25) is 0 Å². The predicted octanol–water partition coefficient (Wildman–Crippen LogP) is 1.000. The number of nitrogens with zero attached hydrogens (tertiary/aromatic N) is 2. The molecule has 0 aliphatic carbocycles. The lowest BCUT2D eigenvalue weighted by molar-refractivity contribution is 0.0705. The van der Waals surface area contributed by atoms with Gasteiger partial charge in [0, 0.05) is 13.2 Å². The third-order valence-electron chi connectivity index (χ3n) is 2.80. The summed E-state index contributed by atoms with van der Waals surface area (Å²) in [5, 5.41) is 3.90. The Balaban J connectivity index is 1.94. The zero-order valence-corrected chi connectivity index (χ0v) is 10.1. The molecule has 1 saturated heterocycles. The van der Waals surface area contributed by atoms with Gasteiger partial charge in [0.15, 0.2) is 5.82 Å². The van der Waals surface area contributed by atoms with Crippen molar-refractivity contribution in [1.29, 1.82) is 0 Å². The Hall–Kier alpha value is -0.980. The number of hydrogen-bond donors (Lipinski definition) is 1. The minimum Gasteiger partial charge on any atom is -0.381 e. The SMILES string of the molecule is CCOCC(N)c1noc(C2CCCOC2)n1. The fourth-order valence-electron chi connectivity index (χ4n) is 1.82. The van der Waals surface area contributed by atoms with Gasteiger partial charge in [-0.05, 0) is 19.8 Å². The Kier molecular flexibility index (Phi) is 4.47. The first-order valence-corrected chi connectivity index (χ1v) is 6.05. The lowest BCUT2D eigenvalue weighted by Crippen LogP contribution is -2.19. The second-order valence-electron chi connectivity index (χ2n) is 4.17. The van der Waals surface area contributed by atoms with Gasteiger partial charge in [-0.25, -0.2) is 0 Å². The van der Waals surface area contributed by atoms with Crippen LogP contribution in [0.1, 0.15) is 43.4 Å². The van der Waals surface area contributed by atoms with Gasteiger partial charge in [0.1, 0.15) is 0 Å². The maximum absolute atomic E-state index is 5.88. The molecule has 2 unspecified atom stereocenters. The van der Waals surface area contributed by atoms with E-state index in [1.807, 2.05) is 6.92 Å². The second-order valence-corrected chi connectivity index (χ2v) is 4.17. The zero-order valence-electron chi connectivity index (χ0n) is 10.1. The summed E-state index contributed by atoms with van der Waals surface area (Å²) in [6, 6.07) is -0.322. The molecule has 1 aromatic heterocycles. The van der Waals surface area contributed by atoms with E-state index < -0.39 is 0 Å². The molecule has 1 aliphatic rings. The maximum atomic E-state index is 5.88. The largest absolute Gasteiger partial charge is 0.381 e. The average molecular weight is 241 g/mol. The Morgan fingerprint density at radius 2 is 2.47 bits per heavy atom. The topological polar surface area (TPSA) is 83.4 Å². The average Bonchev–Trinajstić information content (AvgIpc) is 2.86. The van der Waals surface area contributed by atoms with Crippen molar-refractivity contribution in [1.82, 2.24) is 10.1 Å². The van der Waals surface area contributed by atoms with E-state index in [0.29, 0.717) is 31.5 Å². The quantitative estimate of drug-likeness (QED) is 0.828. The van der Waals surface area contributed by atoms with Crippen LogP contribution in [-0.4, -0.2) is 36.6 Å². The van der Waals surface area contributed by atoms with Crippen LogP contribution < -0.4 is 5.73 Å². The normalized spacial score (nSPS) is 22.6. The van der Waals surface area contributed by atoms with E-state index >= 15 is 0 Å². The molecule has 2 heterocycles. The maximum Gasteiger partial charge on any atom is 0.232 e. The third kappa shape index (κ3) is 3.24. The standard InChI is InChI=1S/C11H19N3O3/c1-2-15-7-9(12)10-13-11(17-14-10)8-4-3-5-16-6-8/h8-9H,2-7,12H2,1H3. The van der Waals surface area contributed by atoms with Crippen LogP contribution >= 0.6 is 0 Å². The number of rotatable bonds is 5. The summed E-state index contributed by atoms with van der Waals surface area (Å²) in [5.41, 5.74) is 5.88. The van der Waals surface area contributed by atoms with Crippen molar-refractivity contribution in [3.8, 4) is 0 Å². The monoisotopic (exact) mass is 241 g/mol. The fraction of sp³-hybridized carbons (Fsp3) is 0.818. The van der Waals surface area contributed by atoms with Crippen molar-refractivity contribution >= 4 is 0 Å². The molecule has 1 aromatic rings. The summed E-state index contributed by atoms with van der Waals surface area (Å²) in [5.74, 6) is 1.36. The van der Waals surface area contributed by atoms with E-state index in [9.17, 15) is 0 Å². The molecule has 2 atom stereocenters.